The number of carbonyl (C=O) groups is 1. The van der Waals surface area contributed by atoms with Gasteiger partial charge in [-0.2, -0.15) is 0 Å². The first kappa shape index (κ1) is 16.8. The number of amidine groups is 1. The van der Waals surface area contributed by atoms with E-state index in [1.165, 1.54) is 0 Å². The Morgan fingerprint density at radius 1 is 1.45 bits per heavy atom. The van der Waals surface area contributed by atoms with Gasteiger partial charge in [-0.1, -0.05) is 32.9 Å². The molecule has 2 atom stereocenters. The normalized spacial score (nSPS) is 22.7. The van der Waals surface area contributed by atoms with Crippen molar-refractivity contribution in [2.75, 3.05) is 6.54 Å². The zero-order chi connectivity index (χ0) is 15.3. The molecule has 116 valence electrons. The number of nitrogens with zero attached hydrogens (tertiary/aromatic N) is 2. The van der Waals surface area contributed by atoms with E-state index in [0.717, 1.165) is 25.7 Å². The van der Waals surface area contributed by atoms with Gasteiger partial charge >= 0.3 is 0 Å². The van der Waals surface area contributed by atoms with E-state index in [1.54, 1.807) is 4.90 Å². The second-order valence-electron chi connectivity index (χ2n) is 7.20. The van der Waals surface area contributed by atoms with Gasteiger partial charge in [-0.25, -0.2) is 0 Å². The van der Waals surface area contributed by atoms with E-state index in [1.807, 2.05) is 0 Å². The van der Waals surface area contributed by atoms with E-state index < -0.39 is 0 Å². The number of oxime groups is 1. The van der Waals surface area contributed by atoms with Gasteiger partial charge < -0.3 is 15.8 Å². The Labute approximate surface area is 122 Å². The molecule has 1 aliphatic rings. The molecule has 3 N–H and O–H groups in total. The molecule has 0 radical (unpaired) electrons. The number of carbonyl (C=O) groups excluding carboxylic acids is 1. The van der Waals surface area contributed by atoms with Crippen LogP contribution in [0.1, 0.15) is 59.8 Å². The summed E-state index contributed by atoms with van der Waals surface area (Å²) in [7, 11) is 0. The highest BCUT2D eigenvalue weighted by molar-refractivity contribution is 5.90. The predicted molar refractivity (Wildman–Crippen MR) is 80.6 cm³/mol. The van der Waals surface area contributed by atoms with E-state index >= 15 is 0 Å². The summed E-state index contributed by atoms with van der Waals surface area (Å²) < 4.78 is 0. The number of hydrogen-bond donors (Lipinski definition) is 2. The Balaban J connectivity index is 2.64. The molecule has 0 spiro atoms. The average molecular weight is 283 g/mol. The van der Waals surface area contributed by atoms with Crippen LogP contribution in [0.25, 0.3) is 0 Å². The number of nitrogens with two attached hydrogens (primary N) is 1. The van der Waals surface area contributed by atoms with Crippen LogP contribution in [0.3, 0.4) is 0 Å². The highest BCUT2D eigenvalue weighted by Gasteiger charge is 2.30. The molecular weight excluding hydrogens is 254 g/mol. The maximum Gasteiger partial charge on any atom is 0.223 e. The van der Waals surface area contributed by atoms with Crippen molar-refractivity contribution in [2.24, 2.45) is 22.2 Å². The van der Waals surface area contributed by atoms with Gasteiger partial charge in [0.1, 0.15) is 0 Å². The fraction of sp³-hybridized carbons (Fsp3) is 0.867. The Hall–Kier alpha value is -1.26. The lowest BCUT2D eigenvalue weighted by Crippen LogP contribution is -2.50. The fourth-order valence-corrected chi connectivity index (χ4v) is 3.14. The summed E-state index contributed by atoms with van der Waals surface area (Å²) >= 11 is 0. The van der Waals surface area contributed by atoms with Crippen molar-refractivity contribution in [2.45, 2.75) is 65.8 Å². The Kier molecular flexibility index (Phi) is 5.84. The zero-order valence-electron chi connectivity index (χ0n) is 13.2. The SMILES string of the molecule is CC(CC(=O)N1CCCCC1C(N)=NO)CC(C)(C)C. The first-order valence-corrected chi connectivity index (χ1v) is 7.51. The van der Waals surface area contributed by atoms with Crippen molar-refractivity contribution < 1.29 is 10.0 Å². The van der Waals surface area contributed by atoms with Crippen molar-refractivity contribution in [1.29, 1.82) is 0 Å². The maximum atomic E-state index is 12.5. The quantitative estimate of drug-likeness (QED) is 0.360. The Bertz CT molecular complexity index is 361. The van der Waals surface area contributed by atoms with Crippen LogP contribution in [0.4, 0.5) is 0 Å². The highest BCUT2D eigenvalue weighted by Crippen LogP contribution is 2.27. The third-order valence-corrected chi connectivity index (χ3v) is 3.76. The predicted octanol–water partition coefficient (Wildman–Crippen LogP) is 2.58. The molecule has 0 bridgehead atoms. The van der Waals surface area contributed by atoms with Crippen molar-refractivity contribution in [1.82, 2.24) is 4.90 Å². The minimum absolute atomic E-state index is 0.123. The lowest BCUT2D eigenvalue weighted by molar-refractivity contribution is -0.134. The molecule has 1 aliphatic heterocycles. The van der Waals surface area contributed by atoms with Crippen LogP contribution in [0.15, 0.2) is 5.16 Å². The van der Waals surface area contributed by atoms with E-state index in [4.69, 9.17) is 10.9 Å². The summed E-state index contributed by atoms with van der Waals surface area (Å²) in [5.41, 5.74) is 5.94. The monoisotopic (exact) mass is 283 g/mol. The molecule has 0 aromatic carbocycles. The van der Waals surface area contributed by atoms with Gasteiger partial charge in [-0.05, 0) is 37.0 Å². The molecule has 20 heavy (non-hydrogen) atoms. The molecule has 0 saturated carbocycles. The fourth-order valence-electron chi connectivity index (χ4n) is 3.14. The summed E-state index contributed by atoms with van der Waals surface area (Å²) in [4.78, 5) is 14.2. The number of likely N-dealkylation sites (tertiary alicyclic amines) is 1. The van der Waals surface area contributed by atoms with Crippen LogP contribution in [0, 0.1) is 11.3 Å². The van der Waals surface area contributed by atoms with Gasteiger partial charge in [-0.3, -0.25) is 4.79 Å². The number of piperidine rings is 1. The smallest absolute Gasteiger partial charge is 0.223 e. The third-order valence-electron chi connectivity index (χ3n) is 3.76. The minimum atomic E-state index is -0.233. The molecule has 5 nitrogen and oxygen atoms in total. The summed E-state index contributed by atoms with van der Waals surface area (Å²) in [6.07, 6.45) is 4.35. The Morgan fingerprint density at radius 3 is 2.65 bits per heavy atom. The third kappa shape index (κ3) is 5.02. The van der Waals surface area contributed by atoms with Gasteiger partial charge in [0.25, 0.3) is 0 Å². The summed E-state index contributed by atoms with van der Waals surface area (Å²) in [5, 5.41) is 11.9. The van der Waals surface area contributed by atoms with Crippen LogP contribution in [0.2, 0.25) is 0 Å². The van der Waals surface area contributed by atoms with Crippen LogP contribution < -0.4 is 5.73 Å². The molecule has 2 unspecified atom stereocenters. The van der Waals surface area contributed by atoms with E-state index in [9.17, 15) is 4.79 Å². The topological polar surface area (TPSA) is 78.9 Å². The van der Waals surface area contributed by atoms with Crippen molar-refractivity contribution in [3.63, 3.8) is 0 Å². The van der Waals surface area contributed by atoms with Crippen LogP contribution in [0.5, 0.6) is 0 Å². The van der Waals surface area contributed by atoms with Crippen molar-refractivity contribution in [3.05, 3.63) is 0 Å². The van der Waals surface area contributed by atoms with Gasteiger partial charge in [0.15, 0.2) is 5.84 Å². The summed E-state index contributed by atoms with van der Waals surface area (Å²) in [5.74, 6) is 0.622. The lowest BCUT2D eigenvalue weighted by atomic mass is 9.84. The zero-order valence-corrected chi connectivity index (χ0v) is 13.2. The van der Waals surface area contributed by atoms with E-state index in [2.05, 4.69) is 32.9 Å². The molecule has 1 amide bonds. The summed E-state index contributed by atoms with van der Waals surface area (Å²) in [6.45, 7) is 9.39. The van der Waals surface area contributed by atoms with Crippen molar-refractivity contribution in [3.8, 4) is 0 Å². The first-order chi connectivity index (χ1) is 9.24. The molecule has 5 heteroatoms. The molecule has 1 saturated heterocycles. The number of amides is 1. The molecular formula is C15H29N3O2. The molecule has 0 aliphatic carbocycles. The summed E-state index contributed by atoms with van der Waals surface area (Å²) in [6, 6.07) is -0.233. The highest BCUT2D eigenvalue weighted by atomic mass is 16.4. The molecule has 0 aromatic heterocycles. The molecule has 0 aromatic rings. The largest absolute Gasteiger partial charge is 0.409 e. The molecule has 1 rings (SSSR count). The molecule has 1 heterocycles. The minimum Gasteiger partial charge on any atom is -0.409 e. The average Bonchev–Trinajstić information content (AvgIpc) is 2.35. The van der Waals surface area contributed by atoms with Crippen LogP contribution in [-0.2, 0) is 4.79 Å². The van der Waals surface area contributed by atoms with Gasteiger partial charge in [0.2, 0.25) is 5.91 Å². The second-order valence-corrected chi connectivity index (χ2v) is 7.20. The maximum absolute atomic E-state index is 12.5. The van der Waals surface area contributed by atoms with E-state index in [0.29, 0.717) is 18.9 Å². The number of rotatable bonds is 4. The Morgan fingerprint density at radius 2 is 2.10 bits per heavy atom. The van der Waals surface area contributed by atoms with E-state index in [-0.39, 0.29) is 23.2 Å². The lowest BCUT2D eigenvalue weighted by Gasteiger charge is -2.36. The van der Waals surface area contributed by atoms with Crippen LogP contribution in [-0.4, -0.2) is 34.4 Å². The molecule has 1 fully saturated rings. The number of hydrogen-bond acceptors (Lipinski definition) is 3. The van der Waals surface area contributed by atoms with Gasteiger partial charge in [0, 0.05) is 13.0 Å². The first-order valence-electron chi connectivity index (χ1n) is 7.51. The van der Waals surface area contributed by atoms with Gasteiger partial charge in [0.05, 0.1) is 6.04 Å². The van der Waals surface area contributed by atoms with Crippen molar-refractivity contribution >= 4 is 11.7 Å². The standard InChI is InChI=1S/C15H29N3O2/c1-11(10-15(2,3)4)9-13(19)18-8-6-5-7-12(18)14(16)17-20/h11-12,20H,5-10H2,1-4H3,(H2,16,17). The van der Waals surface area contributed by atoms with Crippen LogP contribution >= 0.6 is 0 Å². The van der Waals surface area contributed by atoms with Gasteiger partial charge in [-0.15, -0.1) is 0 Å². The second kappa shape index (κ2) is 6.95.